The van der Waals surface area contributed by atoms with Gasteiger partial charge in [-0.25, -0.2) is 0 Å². The molecule has 4 N–H and O–H groups in total. The lowest BCUT2D eigenvalue weighted by Gasteiger charge is -2.21. The first-order chi connectivity index (χ1) is 8.99. The average molecular weight is 269 g/mol. The Bertz CT molecular complexity index is 435. The minimum atomic E-state index is -1.01. The largest absolute Gasteiger partial charge is 0.497 e. The van der Waals surface area contributed by atoms with E-state index in [4.69, 9.17) is 20.3 Å². The fourth-order valence-electron chi connectivity index (χ4n) is 1.75. The van der Waals surface area contributed by atoms with Crippen LogP contribution in [0.4, 0.5) is 0 Å². The number of aliphatic carboxylic acids is 1. The molecule has 0 amide bonds. The third-order valence-electron chi connectivity index (χ3n) is 2.85. The summed E-state index contributed by atoms with van der Waals surface area (Å²) in [6.45, 7) is 0. The highest BCUT2D eigenvalue weighted by atomic mass is 16.5. The summed E-state index contributed by atoms with van der Waals surface area (Å²) in [6.07, 6.45) is -0.925. The summed E-state index contributed by atoms with van der Waals surface area (Å²) in [4.78, 5) is 10.5. The van der Waals surface area contributed by atoms with Crippen LogP contribution < -0.4 is 15.2 Å². The van der Waals surface area contributed by atoms with Crippen molar-refractivity contribution in [2.24, 2.45) is 5.73 Å². The number of rotatable bonds is 7. The number of carboxylic acids is 1. The first-order valence-corrected chi connectivity index (χ1v) is 5.87. The van der Waals surface area contributed by atoms with Crippen LogP contribution in [0.2, 0.25) is 0 Å². The van der Waals surface area contributed by atoms with Gasteiger partial charge in [-0.2, -0.15) is 0 Å². The molecule has 6 nitrogen and oxygen atoms in total. The molecule has 0 radical (unpaired) electrons. The Balaban J connectivity index is 2.89. The van der Waals surface area contributed by atoms with Gasteiger partial charge < -0.3 is 25.4 Å². The van der Waals surface area contributed by atoms with Gasteiger partial charge in [0.2, 0.25) is 0 Å². The minimum Gasteiger partial charge on any atom is -0.497 e. The second-order valence-corrected chi connectivity index (χ2v) is 4.15. The number of aliphatic hydroxyl groups is 1. The highest BCUT2D eigenvalue weighted by Crippen LogP contribution is 2.31. The van der Waals surface area contributed by atoms with Crippen molar-refractivity contribution in [3.8, 4) is 11.5 Å². The normalized spacial score (nSPS) is 13.7. The van der Waals surface area contributed by atoms with Crippen LogP contribution in [0.5, 0.6) is 11.5 Å². The molecule has 0 saturated carbocycles. The fourth-order valence-corrected chi connectivity index (χ4v) is 1.75. The summed E-state index contributed by atoms with van der Waals surface area (Å²) in [5.74, 6) is 0.111. The summed E-state index contributed by atoms with van der Waals surface area (Å²) in [6, 6.07) is 4.32. The van der Waals surface area contributed by atoms with Crippen molar-refractivity contribution in [1.29, 1.82) is 0 Å². The van der Waals surface area contributed by atoms with Gasteiger partial charge in [-0.15, -0.1) is 0 Å². The molecule has 0 aliphatic rings. The molecule has 1 aromatic rings. The number of aliphatic hydroxyl groups excluding tert-OH is 1. The average Bonchev–Trinajstić information content (AvgIpc) is 2.42. The van der Waals surface area contributed by atoms with E-state index in [0.29, 0.717) is 17.1 Å². The van der Waals surface area contributed by atoms with Crippen LogP contribution in [-0.4, -0.2) is 36.4 Å². The van der Waals surface area contributed by atoms with E-state index in [1.807, 2.05) is 0 Å². The second-order valence-electron chi connectivity index (χ2n) is 4.15. The summed E-state index contributed by atoms with van der Waals surface area (Å²) < 4.78 is 10.2. The van der Waals surface area contributed by atoms with Gasteiger partial charge in [-0.3, -0.25) is 4.79 Å². The minimum absolute atomic E-state index is 0.0927. The van der Waals surface area contributed by atoms with Crippen LogP contribution in [0.3, 0.4) is 0 Å². The van der Waals surface area contributed by atoms with E-state index in [9.17, 15) is 9.90 Å². The standard InChI is InChI=1S/C13H19NO5/c1-18-8-3-5-11(19-2)9(7-8)13(17)10(14)4-6-12(15)16/h3,5,7,10,13,17H,4,6,14H2,1-2H3,(H,15,16). The Kier molecular flexibility index (Phi) is 5.59. The molecular weight excluding hydrogens is 250 g/mol. The molecule has 0 aliphatic heterocycles. The van der Waals surface area contributed by atoms with E-state index in [2.05, 4.69) is 0 Å². The first-order valence-electron chi connectivity index (χ1n) is 5.87. The van der Waals surface area contributed by atoms with Crippen molar-refractivity contribution in [3.63, 3.8) is 0 Å². The van der Waals surface area contributed by atoms with Crippen LogP contribution in [0.15, 0.2) is 18.2 Å². The topological polar surface area (TPSA) is 102 Å². The van der Waals surface area contributed by atoms with Crippen LogP contribution in [0.25, 0.3) is 0 Å². The van der Waals surface area contributed by atoms with Crippen LogP contribution in [0.1, 0.15) is 24.5 Å². The van der Waals surface area contributed by atoms with Crippen molar-refractivity contribution in [2.75, 3.05) is 14.2 Å². The molecule has 0 aliphatic carbocycles. The maximum atomic E-state index is 10.5. The Morgan fingerprint density at radius 1 is 1.37 bits per heavy atom. The SMILES string of the molecule is COc1ccc(OC)c(C(O)C(N)CCC(=O)O)c1. The summed E-state index contributed by atoms with van der Waals surface area (Å²) >= 11 is 0. The van der Waals surface area contributed by atoms with Crippen molar-refractivity contribution in [3.05, 3.63) is 23.8 Å². The van der Waals surface area contributed by atoms with Gasteiger partial charge in [0.1, 0.15) is 11.5 Å². The maximum absolute atomic E-state index is 10.5. The lowest BCUT2D eigenvalue weighted by atomic mass is 9.98. The van der Waals surface area contributed by atoms with Gasteiger partial charge in [0.15, 0.2) is 0 Å². The molecule has 0 spiro atoms. The van der Waals surface area contributed by atoms with E-state index in [1.54, 1.807) is 18.2 Å². The van der Waals surface area contributed by atoms with Crippen molar-refractivity contribution < 1.29 is 24.5 Å². The third kappa shape index (κ3) is 4.11. The van der Waals surface area contributed by atoms with Gasteiger partial charge in [-0.05, 0) is 24.6 Å². The Labute approximate surface area is 111 Å². The number of ether oxygens (including phenoxy) is 2. The van der Waals surface area contributed by atoms with Gasteiger partial charge in [0.25, 0.3) is 0 Å². The second kappa shape index (κ2) is 6.96. The molecule has 106 valence electrons. The van der Waals surface area contributed by atoms with E-state index in [-0.39, 0.29) is 12.8 Å². The number of carboxylic acid groups (broad SMARTS) is 1. The van der Waals surface area contributed by atoms with Gasteiger partial charge >= 0.3 is 5.97 Å². The highest BCUT2D eigenvalue weighted by Gasteiger charge is 2.22. The number of benzene rings is 1. The van der Waals surface area contributed by atoms with Crippen molar-refractivity contribution >= 4 is 5.97 Å². The number of hydrogen-bond donors (Lipinski definition) is 3. The van der Waals surface area contributed by atoms with Gasteiger partial charge in [-0.1, -0.05) is 0 Å². The van der Waals surface area contributed by atoms with E-state index >= 15 is 0 Å². The molecule has 1 rings (SSSR count). The zero-order valence-electron chi connectivity index (χ0n) is 11.0. The van der Waals surface area contributed by atoms with Crippen LogP contribution >= 0.6 is 0 Å². The third-order valence-corrected chi connectivity index (χ3v) is 2.85. The summed E-state index contributed by atoms with van der Waals surface area (Å²) in [5, 5.41) is 18.8. The zero-order chi connectivity index (χ0) is 14.4. The quantitative estimate of drug-likeness (QED) is 0.680. The molecule has 1 aromatic carbocycles. The predicted molar refractivity (Wildman–Crippen MR) is 69.4 cm³/mol. The van der Waals surface area contributed by atoms with Gasteiger partial charge in [0, 0.05) is 18.0 Å². The molecule has 0 bridgehead atoms. The van der Waals surface area contributed by atoms with Crippen molar-refractivity contribution in [2.45, 2.75) is 25.0 Å². The smallest absolute Gasteiger partial charge is 0.303 e. The maximum Gasteiger partial charge on any atom is 0.303 e. The number of hydrogen-bond acceptors (Lipinski definition) is 5. The van der Waals surface area contributed by atoms with Gasteiger partial charge in [0.05, 0.1) is 20.3 Å². The highest BCUT2D eigenvalue weighted by molar-refractivity contribution is 5.66. The number of methoxy groups -OCH3 is 2. The van der Waals surface area contributed by atoms with Crippen LogP contribution in [-0.2, 0) is 4.79 Å². The molecule has 6 heteroatoms. The Morgan fingerprint density at radius 3 is 2.58 bits per heavy atom. The molecule has 0 saturated heterocycles. The molecule has 0 aromatic heterocycles. The van der Waals surface area contributed by atoms with E-state index in [1.165, 1.54) is 14.2 Å². The van der Waals surface area contributed by atoms with E-state index in [0.717, 1.165) is 0 Å². The number of carbonyl (C=O) groups is 1. The first kappa shape index (κ1) is 15.3. The lowest BCUT2D eigenvalue weighted by Crippen LogP contribution is -2.29. The molecule has 2 atom stereocenters. The van der Waals surface area contributed by atoms with E-state index < -0.39 is 18.1 Å². The van der Waals surface area contributed by atoms with Crippen LogP contribution in [0, 0.1) is 0 Å². The summed E-state index contributed by atoms with van der Waals surface area (Å²) in [5.41, 5.74) is 6.29. The lowest BCUT2D eigenvalue weighted by molar-refractivity contribution is -0.137. The monoisotopic (exact) mass is 269 g/mol. The molecule has 2 unspecified atom stereocenters. The Morgan fingerprint density at radius 2 is 2.05 bits per heavy atom. The molecule has 0 fully saturated rings. The molecular formula is C13H19NO5. The number of nitrogens with two attached hydrogens (primary N) is 1. The zero-order valence-corrected chi connectivity index (χ0v) is 11.0. The molecule has 19 heavy (non-hydrogen) atoms. The fraction of sp³-hybridized carbons (Fsp3) is 0.462. The predicted octanol–water partition coefficient (Wildman–Crippen LogP) is 0.929. The Hall–Kier alpha value is -1.79. The molecule has 0 heterocycles. The summed E-state index contributed by atoms with van der Waals surface area (Å²) in [7, 11) is 3.00. The van der Waals surface area contributed by atoms with Crippen molar-refractivity contribution in [1.82, 2.24) is 0 Å².